The van der Waals surface area contributed by atoms with Crippen molar-refractivity contribution in [3.8, 4) is 0 Å². The summed E-state index contributed by atoms with van der Waals surface area (Å²) in [5.41, 5.74) is 7.62. The molecule has 0 aliphatic carbocycles. The minimum atomic E-state index is -0.0313. The summed E-state index contributed by atoms with van der Waals surface area (Å²) in [6, 6.07) is 3.43. The number of hydrogen-bond acceptors (Lipinski definition) is 4. The fraction of sp³-hybridized carbons (Fsp3) is 0.417. The highest BCUT2D eigenvalue weighted by atomic mass is 35.5. The number of anilines is 1. The third-order valence-corrected chi connectivity index (χ3v) is 3.31. The number of benzene rings is 1. The lowest BCUT2D eigenvalue weighted by Gasteiger charge is -2.19. The highest BCUT2D eigenvalue weighted by Crippen LogP contribution is 2.32. The van der Waals surface area contributed by atoms with E-state index in [9.17, 15) is 0 Å². The van der Waals surface area contributed by atoms with Gasteiger partial charge in [0.1, 0.15) is 11.6 Å². The van der Waals surface area contributed by atoms with Crippen LogP contribution in [0.25, 0.3) is 11.1 Å². The summed E-state index contributed by atoms with van der Waals surface area (Å²) in [6.07, 6.45) is 3.17. The minimum absolute atomic E-state index is 0.0313. The summed E-state index contributed by atoms with van der Waals surface area (Å²) in [6.45, 7) is 0.770. The number of halogens is 1. The zero-order valence-corrected chi connectivity index (χ0v) is 10.0. The standard InChI is InChI=1S/C12H13ClN2O2/c13-7-5-9-11(6-8(7)14)17-12(15-9)10-3-1-2-4-16-10/h5-6,10H,1-4,14H2. The highest BCUT2D eigenvalue weighted by molar-refractivity contribution is 6.33. The topological polar surface area (TPSA) is 61.3 Å². The lowest BCUT2D eigenvalue weighted by Crippen LogP contribution is -2.11. The van der Waals surface area contributed by atoms with Gasteiger partial charge in [0.05, 0.1) is 10.7 Å². The zero-order chi connectivity index (χ0) is 11.8. The second-order valence-corrected chi connectivity index (χ2v) is 4.66. The van der Waals surface area contributed by atoms with Crippen LogP contribution in [0.3, 0.4) is 0 Å². The van der Waals surface area contributed by atoms with Crippen molar-refractivity contribution in [1.82, 2.24) is 4.98 Å². The first-order valence-electron chi connectivity index (χ1n) is 5.71. The van der Waals surface area contributed by atoms with Gasteiger partial charge in [-0.1, -0.05) is 11.6 Å². The smallest absolute Gasteiger partial charge is 0.224 e. The maximum Gasteiger partial charge on any atom is 0.224 e. The average Bonchev–Trinajstić information content (AvgIpc) is 2.74. The number of hydrogen-bond donors (Lipinski definition) is 1. The lowest BCUT2D eigenvalue weighted by molar-refractivity contribution is -0.000552. The van der Waals surface area contributed by atoms with Gasteiger partial charge in [-0.15, -0.1) is 0 Å². The highest BCUT2D eigenvalue weighted by Gasteiger charge is 2.21. The molecule has 2 N–H and O–H groups in total. The summed E-state index contributed by atoms with van der Waals surface area (Å²) in [5, 5.41) is 0.502. The molecule has 1 saturated heterocycles. The summed E-state index contributed by atoms with van der Waals surface area (Å²) in [5.74, 6) is 0.626. The van der Waals surface area contributed by atoms with Crippen LogP contribution >= 0.6 is 11.6 Å². The van der Waals surface area contributed by atoms with E-state index in [1.54, 1.807) is 12.1 Å². The number of nitrogens with two attached hydrogens (primary N) is 1. The molecule has 2 heterocycles. The number of nitrogens with zero attached hydrogens (tertiary/aromatic N) is 1. The Kier molecular flexibility index (Phi) is 2.68. The molecule has 5 heteroatoms. The monoisotopic (exact) mass is 252 g/mol. The van der Waals surface area contributed by atoms with Gasteiger partial charge in [-0.3, -0.25) is 0 Å². The van der Waals surface area contributed by atoms with Crippen molar-refractivity contribution >= 4 is 28.4 Å². The molecular weight excluding hydrogens is 240 g/mol. The number of nitrogen functional groups attached to an aromatic ring is 1. The largest absolute Gasteiger partial charge is 0.438 e. The third-order valence-electron chi connectivity index (χ3n) is 2.98. The molecule has 3 rings (SSSR count). The molecular formula is C12H13ClN2O2. The molecule has 1 aromatic carbocycles. The molecule has 1 unspecified atom stereocenters. The molecule has 1 aromatic heterocycles. The van der Waals surface area contributed by atoms with Crippen LogP contribution in [0.5, 0.6) is 0 Å². The Morgan fingerprint density at radius 3 is 3.00 bits per heavy atom. The van der Waals surface area contributed by atoms with Gasteiger partial charge in [0.2, 0.25) is 5.89 Å². The first-order chi connectivity index (χ1) is 8.24. The number of oxazole rings is 1. The molecule has 0 amide bonds. The maximum absolute atomic E-state index is 5.94. The van der Waals surface area contributed by atoms with Gasteiger partial charge in [-0.05, 0) is 25.3 Å². The molecule has 90 valence electrons. The van der Waals surface area contributed by atoms with Crippen LogP contribution in [0.2, 0.25) is 5.02 Å². The fourth-order valence-corrected chi connectivity index (χ4v) is 2.21. The van der Waals surface area contributed by atoms with E-state index in [1.165, 1.54) is 0 Å². The zero-order valence-electron chi connectivity index (χ0n) is 9.28. The molecule has 0 spiro atoms. The summed E-state index contributed by atoms with van der Waals surface area (Å²) >= 11 is 5.94. The van der Waals surface area contributed by atoms with Crippen LogP contribution in [0, 0.1) is 0 Å². The van der Waals surface area contributed by atoms with Crippen LogP contribution in [0.15, 0.2) is 16.5 Å². The van der Waals surface area contributed by atoms with Crippen LogP contribution in [0.4, 0.5) is 5.69 Å². The van der Waals surface area contributed by atoms with Crippen molar-refractivity contribution in [2.24, 2.45) is 0 Å². The quantitative estimate of drug-likeness (QED) is 0.791. The van der Waals surface area contributed by atoms with Crippen LogP contribution in [-0.4, -0.2) is 11.6 Å². The Morgan fingerprint density at radius 1 is 1.35 bits per heavy atom. The summed E-state index contributed by atoms with van der Waals surface area (Å²) in [4.78, 5) is 4.41. The Balaban J connectivity index is 2.00. The van der Waals surface area contributed by atoms with Crippen molar-refractivity contribution < 1.29 is 9.15 Å². The van der Waals surface area contributed by atoms with E-state index in [1.807, 2.05) is 0 Å². The Hall–Kier alpha value is -1.26. The van der Waals surface area contributed by atoms with E-state index in [0.29, 0.717) is 22.2 Å². The Labute approximate surface area is 104 Å². The normalized spacial score (nSPS) is 20.9. The number of rotatable bonds is 1. The van der Waals surface area contributed by atoms with Gasteiger partial charge >= 0.3 is 0 Å². The van der Waals surface area contributed by atoms with E-state index < -0.39 is 0 Å². The predicted octanol–water partition coefficient (Wildman–Crippen LogP) is 3.31. The summed E-state index contributed by atoms with van der Waals surface area (Å²) < 4.78 is 11.3. The summed E-state index contributed by atoms with van der Waals surface area (Å²) in [7, 11) is 0. The molecule has 2 aromatic rings. The van der Waals surface area contributed by atoms with Gasteiger partial charge in [-0.2, -0.15) is 0 Å². The Bertz CT molecular complexity index is 508. The van der Waals surface area contributed by atoms with Crippen LogP contribution in [-0.2, 0) is 4.74 Å². The van der Waals surface area contributed by atoms with E-state index in [0.717, 1.165) is 31.4 Å². The molecule has 1 fully saturated rings. The fourth-order valence-electron chi connectivity index (χ4n) is 2.06. The number of aromatic nitrogens is 1. The number of fused-ring (bicyclic) bond motifs is 1. The van der Waals surface area contributed by atoms with Gasteiger partial charge < -0.3 is 14.9 Å². The second-order valence-electron chi connectivity index (χ2n) is 4.25. The van der Waals surface area contributed by atoms with Crippen molar-refractivity contribution in [3.63, 3.8) is 0 Å². The SMILES string of the molecule is Nc1cc2oc(C3CCCCO3)nc2cc1Cl. The molecule has 1 aliphatic rings. The minimum Gasteiger partial charge on any atom is -0.438 e. The predicted molar refractivity (Wildman–Crippen MR) is 66.0 cm³/mol. The van der Waals surface area contributed by atoms with E-state index in [4.69, 9.17) is 26.5 Å². The lowest BCUT2D eigenvalue weighted by atomic mass is 10.1. The molecule has 0 bridgehead atoms. The maximum atomic E-state index is 5.94. The molecule has 1 atom stereocenters. The first-order valence-corrected chi connectivity index (χ1v) is 6.09. The molecule has 4 nitrogen and oxygen atoms in total. The van der Waals surface area contributed by atoms with Gasteiger partial charge in [0, 0.05) is 12.7 Å². The first kappa shape index (κ1) is 10.9. The van der Waals surface area contributed by atoms with Crippen LogP contribution < -0.4 is 5.73 Å². The molecule has 0 saturated carbocycles. The van der Waals surface area contributed by atoms with Gasteiger partial charge in [0.25, 0.3) is 0 Å². The van der Waals surface area contributed by atoms with E-state index >= 15 is 0 Å². The van der Waals surface area contributed by atoms with Crippen molar-refractivity contribution in [3.05, 3.63) is 23.0 Å². The van der Waals surface area contributed by atoms with Gasteiger partial charge in [-0.25, -0.2) is 4.98 Å². The van der Waals surface area contributed by atoms with Crippen molar-refractivity contribution in [1.29, 1.82) is 0 Å². The van der Waals surface area contributed by atoms with Crippen molar-refractivity contribution in [2.45, 2.75) is 25.4 Å². The number of ether oxygens (including phenoxy) is 1. The van der Waals surface area contributed by atoms with E-state index in [2.05, 4.69) is 4.98 Å². The Morgan fingerprint density at radius 2 is 2.24 bits per heavy atom. The second kappa shape index (κ2) is 4.20. The van der Waals surface area contributed by atoms with Crippen molar-refractivity contribution in [2.75, 3.05) is 12.3 Å². The van der Waals surface area contributed by atoms with Crippen LogP contribution in [0.1, 0.15) is 31.3 Å². The van der Waals surface area contributed by atoms with Gasteiger partial charge in [0.15, 0.2) is 5.58 Å². The third kappa shape index (κ3) is 1.98. The molecule has 0 radical (unpaired) electrons. The molecule has 1 aliphatic heterocycles. The average molecular weight is 253 g/mol. The van der Waals surface area contributed by atoms with E-state index in [-0.39, 0.29) is 6.10 Å². The molecule has 17 heavy (non-hydrogen) atoms.